The highest BCUT2D eigenvalue weighted by atomic mass is 32.1. The smallest absolute Gasteiger partial charge is 0.333 e. The number of fused-ring (bicyclic) bond motifs is 1. The van der Waals surface area contributed by atoms with E-state index in [0.29, 0.717) is 25.5 Å². The molecule has 3 heterocycles. The van der Waals surface area contributed by atoms with E-state index < -0.39 is 12.5 Å². The number of halogens is 2. The molecule has 0 aliphatic carbocycles. The van der Waals surface area contributed by atoms with Crippen molar-refractivity contribution < 1.29 is 13.6 Å². The second-order valence-electron chi connectivity index (χ2n) is 3.75. The number of nitrogens with two attached hydrogens (primary N) is 1. The summed E-state index contributed by atoms with van der Waals surface area (Å²) in [6, 6.07) is 0. The van der Waals surface area contributed by atoms with Gasteiger partial charge in [-0.05, 0) is 0 Å². The zero-order valence-electron chi connectivity index (χ0n) is 9.33. The fourth-order valence-electron chi connectivity index (χ4n) is 1.66. The van der Waals surface area contributed by atoms with Crippen molar-refractivity contribution in [1.29, 1.82) is 0 Å². The lowest BCUT2D eigenvalue weighted by molar-refractivity contribution is 0.0566. The molecule has 0 aromatic carbocycles. The molecule has 0 radical (unpaired) electrons. The van der Waals surface area contributed by atoms with Crippen molar-refractivity contribution in [3.05, 3.63) is 30.4 Å². The molecule has 0 bridgehead atoms. The number of alkyl halides is 2. The summed E-state index contributed by atoms with van der Waals surface area (Å²) in [4.78, 5) is 12.4. The van der Waals surface area contributed by atoms with Gasteiger partial charge in [-0.15, -0.1) is 11.3 Å². The summed E-state index contributed by atoms with van der Waals surface area (Å²) in [6.45, 7) is -2.68. The molecule has 0 unspecified atom stereocenters. The molecule has 0 atom stereocenters. The Balaban J connectivity index is 2.07. The first-order valence-electron chi connectivity index (χ1n) is 5.16. The van der Waals surface area contributed by atoms with Crippen molar-refractivity contribution in [2.45, 2.75) is 6.55 Å². The Morgan fingerprint density at radius 1 is 1.32 bits per heavy atom. The molecule has 0 spiro atoms. The fourth-order valence-corrected chi connectivity index (χ4v) is 2.70. The minimum absolute atomic E-state index is 0.303. The number of amides is 1. The Morgan fingerprint density at radius 3 is 2.74 bits per heavy atom. The molecular formula is C10H7F2N5OS. The summed E-state index contributed by atoms with van der Waals surface area (Å²) in [5.41, 5.74) is 6.05. The lowest BCUT2D eigenvalue weighted by Gasteiger charge is -1.94. The summed E-state index contributed by atoms with van der Waals surface area (Å²) < 4.78 is 26.9. The van der Waals surface area contributed by atoms with Crippen molar-refractivity contribution in [3.8, 4) is 10.4 Å². The van der Waals surface area contributed by atoms with Crippen molar-refractivity contribution in [3.63, 3.8) is 0 Å². The average Bonchev–Trinajstić information content (AvgIpc) is 3.02. The van der Waals surface area contributed by atoms with E-state index in [-0.39, 0.29) is 0 Å². The molecule has 0 aliphatic rings. The number of carbonyl (C=O) groups is 1. The zero-order valence-corrected chi connectivity index (χ0v) is 10.1. The van der Waals surface area contributed by atoms with Gasteiger partial charge in [0.1, 0.15) is 4.83 Å². The van der Waals surface area contributed by atoms with Crippen LogP contribution in [0.2, 0.25) is 0 Å². The van der Waals surface area contributed by atoms with Crippen LogP contribution in [0.3, 0.4) is 0 Å². The molecule has 1 amide bonds. The van der Waals surface area contributed by atoms with Crippen molar-refractivity contribution in [2.24, 2.45) is 5.73 Å². The number of aromatic nitrogens is 4. The molecule has 98 valence electrons. The van der Waals surface area contributed by atoms with Gasteiger partial charge in [-0.25, -0.2) is 9.20 Å². The summed E-state index contributed by atoms with van der Waals surface area (Å²) in [5.74, 6) is -0.577. The number of primary amides is 1. The first kappa shape index (κ1) is 11.8. The summed E-state index contributed by atoms with van der Waals surface area (Å²) >= 11 is 1.24. The van der Waals surface area contributed by atoms with Crippen LogP contribution in [0.5, 0.6) is 0 Å². The summed E-state index contributed by atoms with van der Waals surface area (Å²) in [5, 5.41) is 7.54. The highest BCUT2D eigenvalue weighted by Gasteiger charge is 2.15. The first-order chi connectivity index (χ1) is 9.06. The van der Waals surface area contributed by atoms with Crippen LogP contribution >= 0.6 is 11.3 Å². The summed E-state index contributed by atoms with van der Waals surface area (Å²) in [6.07, 6.45) is 5.58. The third-order valence-corrected chi connectivity index (χ3v) is 3.71. The van der Waals surface area contributed by atoms with Gasteiger partial charge in [0.25, 0.3) is 5.91 Å². The predicted molar refractivity (Wildman–Crippen MR) is 64.1 cm³/mol. The third-order valence-electron chi connectivity index (χ3n) is 2.55. The number of hydrogen-bond donors (Lipinski definition) is 1. The highest BCUT2D eigenvalue weighted by Crippen LogP contribution is 2.30. The van der Waals surface area contributed by atoms with E-state index >= 15 is 0 Å². The standard InChI is InChI=1S/C10H7F2N5OS/c11-10(12)17-3-5(1-14-17)7-4-16-9(19-7)6(2-15-16)8(13)18/h1-4,10H,(H2,13,18). The van der Waals surface area contributed by atoms with Crippen LogP contribution in [0, 0.1) is 0 Å². The SMILES string of the molecule is NC(=O)c1cnn2cc(-c3cnn(C(F)F)c3)sc12. The number of hydrogen-bond acceptors (Lipinski definition) is 4. The lowest BCUT2D eigenvalue weighted by Crippen LogP contribution is -2.09. The monoisotopic (exact) mass is 283 g/mol. The highest BCUT2D eigenvalue weighted by molar-refractivity contribution is 7.21. The molecule has 9 heteroatoms. The minimum Gasteiger partial charge on any atom is -0.365 e. The molecular weight excluding hydrogens is 276 g/mol. The van der Waals surface area contributed by atoms with E-state index in [2.05, 4.69) is 10.2 Å². The Labute approximate surface area is 109 Å². The molecule has 3 rings (SSSR count). The molecule has 0 fully saturated rings. The average molecular weight is 283 g/mol. The van der Waals surface area contributed by atoms with Crippen molar-refractivity contribution in [2.75, 3.05) is 0 Å². The topological polar surface area (TPSA) is 78.2 Å². The van der Waals surface area contributed by atoms with Gasteiger partial charge in [0.15, 0.2) is 0 Å². The largest absolute Gasteiger partial charge is 0.365 e. The predicted octanol–water partition coefficient (Wildman–Crippen LogP) is 1.75. The number of nitrogens with zero attached hydrogens (tertiary/aromatic N) is 4. The molecule has 0 saturated carbocycles. The maximum Gasteiger partial charge on any atom is 0.333 e. The van der Waals surface area contributed by atoms with Crippen molar-refractivity contribution in [1.82, 2.24) is 19.4 Å². The van der Waals surface area contributed by atoms with Gasteiger partial charge in [0, 0.05) is 18.0 Å². The van der Waals surface area contributed by atoms with Crippen LogP contribution in [-0.2, 0) is 0 Å². The maximum atomic E-state index is 12.4. The zero-order chi connectivity index (χ0) is 13.6. The third kappa shape index (κ3) is 1.87. The second-order valence-corrected chi connectivity index (χ2v) is 4.78. The Bertz CT molecular complexity index is 759. The van der Waals surface area contributed by atoms with E-state index in [9.17, 15) is 13.6 Å². The van der Waals surface area contributed by atoms with Crippen LogP contribution in [-0.4, -0.2) is 25.3 Å². The summed E-state index contributed by atoms with van der Waals surface area (Å²) in [7, 11) is 0. The van der Waals surface area contributed by atoms with Crippen molar-refractivity contribution >= 4 is 22.1 Å². The van der Waals surface area contributed by atoms with Gasteiger partial charge in [-0.2, -0.15) is 19.0 Å². The normalized spacial score (nSPS) is 11.5. The van der Waals surface area contributed by atoms with Crippen LogP contribution in [0.4, 0.5) is 8.78 Å². The van der Waals surface area contributed by atoms with E-state index in [1.165, 1.54) is 34.4 Å². The van der Waals surface area contributed by atoms with E-state index in [0.717, 1.165) is 0 Å². The van der Waals surface area contributed by atoms with Gasteiger partial charge < -0.3 is 5.73 Å². The molecule has 3 aromatic rings. The van der Waals surface area contributed by atoms with E-state index in [4.69, 9.17) is 5.73 Å². The minimum atomic E-state index is -2.68. The molecule has 2 N–H and O–H groups in total. The number of rotatable bonds is 3. The molecule has 0 saturated heterocycles. The van der Waals surface area contributed by atoms with E-state index in [1.807, 2.05) is 0 Å². The molecule has 19 heavy (non-hydrogen) atoms. The van der Waals surface area contributed by atoms with Gasteiger partial charge >= 0.3 is 6.55 Å². The fraction of sp³-hybridized carbons (Fsp3) is 0.100. The van der Waals surface area contributed by atoms with Crippen LogP contribution in [0.1, 0.15) is 16.9 Å². The number of thiazole rings is 1. The van der Waals surface area contributed by atoms with E-state index in [1.54, 1.807) is 6.20 Å². The van der Waals surface area contributed by atoms with Crippen LogP contribution in [0.25, 0.3) is 15.3 Å². The Hall–Kier alpha value is -2.29. The quantitative estimate of drug-likeness (QED) is 0.795. The molecule has 0 aliphatic heterocycles. The van der Waals surface area contributed by atoms with Gasteiger partial charge in [-0.1, -0.05) is 0 Å². The second kappa shape index (κ2) is 4.12. The van der Waals surface area contributed by atoms with Gasteiger partial charge in [-0.3, -0.25) is 4.79 Å². The van der Waals surface area contributed by atoms with Gasteiger partial charge in [0.05, 0.1) is 22.8 Å². The molecule has 6 nitrogen and oxygen atoms in total. The first-order valence-corrected chi connectivity index (χ1v) is 5.97. The van der Waals surface area contributed by atoms with Gasteiger partial charge in [0.2, 0.25) is 0 Å². The maximum absolute atomic E-state index is 12.4. The Morgan fingerprint density at radius 2 is 2.11 bits per heavy atom. The van der Waals surface area contributed by atoms with Crippen LogP contribution < -0.4 is 5.73 Å². The van der Waals surface area contributed by atoms with Crippen LogP contribution in [0.15, 0.2) is 24.8 Å². The number of carbonyl (C=O) groups excluding carboxylic acids is 1. The Kier molecular flexibility index (Phi) is 2.56. The molecule has 3 aromatic heterocycles. The lowest BCUT2D eigenvalue weighted by atomic mass is 10.3.